The third-order valence-electron chi connectivity index (χ3n) is 6.30. The Labute approximate surface area is 253 Å². The number of sulfonamides is 1. The van der Waals surface area contributed by atoms with Crippen molar-refractivity contribution in [3.8, 4) is 11.4 Å². The van der Waals surface area contributed by atoms with E-state index in [1.165, 1.54) is 11.8 Å². The summed E-state index contributed by atoms with van der Waals surface area (Å²) in [5, 5.41) is 4.14. The predicted octanol–water partition coefficient (Wildman–Crippen LogP) is 6.32. The molecule has 0 bridgehead atoms. The molecule has 1 heterocycles. The fraction of sp³-hybridized carbons (Fsp3) is 0.200. The minimum Gasteiger partial charge on any atom is -0.494 e. The highest BCUT2D eigenvalue weighted by atomic mass is 79.9. The molecule has 0 unspecified atom stereocenters. The second-order valence-corrected chi connectivity index (χ2v) is 12.7. The maximum Gasteiger partial charge on any atom is 0.264 e. The topological polar surface area (TPSA) is 93.0 Å². The number of aromatic nitrogens is 1. The van der Waals surface area contributed by atoms with Crippen molar-refractivity contribution in [2.75, 3.05) is 23.7 Å². The van der Waals surface area contributed by atoms with Gasteiger partial charge in [-0.1, -0.05) is 22.0 Å². The lowest BCUT2D eigenvalue weighted by Gasteiger charge is -2.24. The third-order valence-corrected chi connectivity index (χ3v) is 9.32. The van der Waals surface area contributed by atoms with Crippen molar-refractivity contribution in [3.63, 3.8) is 0 Å². The molecular formula is C30H31BrN4O4S2. The van der Waals surface area contributed by atoms with E-state index in [0.717, 1.165) is 36.3 Å². The summed E-state index contributed by atoms with van der Waals surface area (Å²) < 4.78 is 37.0. The molecule has 214 valence electrons. The number of thioether (sulfide) groups is 1. The Bertz CT molecular complexity index is 1650. The van der Waals surface area contributed by atoms with E-state index in [1.54, 1.807) is 54.7 Å². The predicted molar refractivity (Wildman–Crippen MR) is 169 cm³/mol. The van der Waals surface area contributed by atoms with Gasteiger partial charge in [0.05, 0.1) is 23.4 Å². The standard InChI is InChI=1S/C30H31BrN4O4S2/c1-5-39-27-11-9-25(10-12-27)34(41(37,38)29-15-13-28(40-4)14-16-29)20-30(36)33-32-19-23-17-21(2)35(22(23)3)26-8-6-7-24(31)18-26/h6-19H,5,20H2,1-4H3,(H,33,36)/b32-19+. The van der Waals surface area contributed by atoms with Gasteiger partial charge in [-0.05, 0) is 99.8 Å². The molecule has 0 saturated heterocycles. The van der Waals surface area contributed by atoms with Crippen LogP contribution in [0.2, 0.25) is 0 Å². The highest BCUT2D eigenvalue weighted by molar-refractivity contribution is 9.10. The zero-order valence-corrected chi connectivity index (χ0v) is 26.4. The van der Waals surface area contributed by atoms with Gasteiger partial charge in [0.2, 0.25) is 0 Å². The SMILES string of the molecule is CCOc1ccc(N(CC(=O)N/N=C/c2cc(C)n(-c3cccc(Br)c3)c2C)S(=O)(=O)c2ccc(SC)cc2)cc1. The van der Waals surface area contributed by atoms with Crippen molar-refractivity contribution in [1.29, 1.82) is 0 Å². The largest absolute Gasteiger partial charge is 0.494 e. The van der Waals surface area contributed by atoms with Crippen LogP contribution in [0.3, 0.4) is 0 Å². The van der Waals surface area contributed by atoms with Gasteiger partial charge >= 0.3 is 0 Å². The van der Waals surface area contributed by atoms with E-state index >= 15 is 0 Å². The van der Waals surface area contributed by atoms with Crippen LogP contribution in [0.5, 0.6) is 5.75 Å². The Morgan fingerprint density at radius 2 is 1.78 bits per heavy atom. The Hall–Kier alpha value is -3.54. The fourth-order valence-electron chi connectivity index (χ4n) is 4.34. The first-order valence-electron chi connectivity index (χ1n) is 12.8. The molecule has 4 aromatic rings. The van der Waals surface area contributed by atoms with Gasteiger partial charge in [0.15, 0.2) is 0 Å². The summed E-state index contributed by atoms with van der Waals surface area (Å²) >= 11 is 5.03. The Balaban J connectivity index is 1.56. The van der Waals surface area contributed by atoms with Gasteiger partial charge in [0, 0.05) is 32.0 Å². The first kappa shape index (κ1) is 30.4. The van der Waals surface area contributed by atoms with Crippen LogP contribution in [0.4, 0.5) is 5.69 Å². The third kappa shape index (κ3) is 7.22. The Morgan fingerprint density at radius 1 is 1.07 bits per heavy atom. The monoisotopic (exact) mass is 654 g/mol. The zero-order chi connectivity index (χ0) is 29.6. The number of aryl methyl sites for hydroxylation is 1. The van der Waals surface area contributed by atoms with Gasteiger partial charge in [0.25, 0.3) is 15.9 Å². The lowest BCUT2D eigenvalue weighted by atomic mass is 10.2. The van der Waals surface area contributed by atoms with E-state index in [4.69, 9.17) is 4.74 Å². The molecule has 0 spiro atoms. The number of nitrogens with zero attached hydrogens (tertiary/aromatic N) is 3. The van der Waals surface area contributed by atoms with E-state index in [2.05, 4.69) is 31.0 Å². The molecule has 0 aliphatic carbocycles. The smallest absolute Gasteiger partial charge is 0.264 e. The van der Waals surface area contributed by atoms with Crippen molar-refractivity contribution < 1.29 is 17.9 Å². The number of benzene rings is 3. The van der Waals surface area contributed by atoms with Gasteiger partial charge in [-0.2, -0.15) is 5.10 Å². The fourth-order valence-corrected chi connectivity index (χ4v) is 6.55. The van der Waals surface area contributed by atoms with Crippen molar-refractivity contribution >= 4 is 55.5 Å². The molecule has 4 rings (SSSR count). The molecular weight excluding hydrogens is 624 g/mol. The molecule has 0 aliphatic heterocycles. The number of carbonyl (C=O) groups is 1. The molecule has 0 fully saturated rings. The maximum atomic E-state index is 13.7. The first-order valence-corrected chi connectivity index (χ1v) is 16.3. The molecule has 0 atom stereocenters. The van der Waals surface area contributed by atoms with Crippen LogP contribution in [0.15, 0.2) is 98.2 Å². The maximum absolute atomic E-state index is 13.7. The summed E-state index contributed by atoms with van der Waals surface area (Å²) in [6.45, 7) is 5.85. The van der Waals surface area contributed by atoms with Crippen LogP contribution in [0.25, 0.3) is 5.69 Å². The molecule has 3 aromatic carbocycles. The van der Waals surface area contributed by atoms with Gasteiger partial charge < -0.3 is 9.30 Å². The second-order valence-electron chi connectivity index (χ2n) is 9.05. The lowest BCUT2D eigenvalue weighted by Crippen LogP contribution is -2.39. The average molecular weight is 656 g/mol. The number of hydrazone groups is 1. The summed E-state index contributed by atoms with van der Waals surface area (Å²) in [6.07, 6.45) is 3.48. The zero-order valence-electron chi connectivity index (χ0n) is 23.2. The molecule has 0 radical (unpaired) electrons. The number of halogens is 1. The van der Waals surface area contributed by atoms with Gasteiger partial charge in [-0.25, -0.2) is 13.8 Å². The van der Waals surface area contributed by atoms with Crippen molar-refractivity contribution in [3.05, 3.63) is 100 Å². The van der Waals surface area contributed by atoms with Crippen LogP contribution >= 0.6 is 27.7 Å². The summed E-state index contributed by atoms with van der Waals surface area (Å²) in [4.78, 5) is 14.0. The summed E-state index contributed by atoms with van der Waals surface area (Å²) in [7, 11) is -4.06. The van der Waals surface area contributed by atoms with E-state index in [0.29, 0.717) is 18.0 Å². The highest BCUT2D eigenvalue weighted by Crippen LogP contribution is 2.27. The number of ether oxygens (including phenoxy) is 1. The molecule has 1 aromatic heterocycles. The normalized spacial score (nSPS) is 11.5. The Kier molecular flexibility index (Phi) is 9.95. The summed E-state index contributed by atoms with van der Waals surface area (Å²) in [6, 6.07) is 23.1. The number of rotatable bonds is 11. The van der Waals surface area contributed by atoms with Crippen LogP contribution in [0.1, 0.15) is 23.9 Å². The summed E-state index contributed by atoms with van der Waals surface area (Å²) in [5.41, 5.74) is 6.61. The number of nitrogens with one attached hydrogen (secondary N) is 1. The number of hydrogen-bond acceptors (Lipinski definition) is 6. The molecule has 41 heavy (non-hydrogen) atoms. The van der Waals surface area contributed by atoms with Crippen LogP contribution in [-0.2, 0) is 14.8 Å². The Morgan fingerprint density at radius 3 is 2.41 bits per heavy atom. The number of anilines is 1. The molecule has 11 heteroatoms. The molecule has 8 nitrogen and oxygen atoms in total. The molecule has 0 saturated carbocycles. The first-order chi connectivity index (χ1) is 19.6. The number of amides is 1. The van der Waals surface area contributed by atoms with Crippen LogP contribution in [-0.4, -0.2) is 44.5 Å². The average Bonchev–Trinajstić information content (AvgIpc) is 3.24. The van der Waals surface area contributed by atoms with Gasteiger partial charge in [-0.15, -0.1) is 11.8 Å². The highest BCUT2D eigenvalue weighted by Gasteiger charge is 2.27. The minimum absolute atomic E-state index is 0.0838. The quantitative estimate of drug-likeness (QED) is 0.116. The van der Waals surface area contributed by atoms with E-state index in [9.17, 15) is 13.2 Å². The van der Waals surface area contributed by atoms with Gasteiger partial charge in [-0.3, -0.25) is 9.10 Å². The van der Waals surface area contributed by atoms with E-state index < -0.39 is 22.5 Å². The number of hydrogen-bond donors (Lipinski definition) is 1. The van der Waals surface area contributed by atoms with Crippen molar-refractivity contribution in [2.45, 2.75) is 30.6 Å². The minimum atomic E-state index is -4.06. The summed E-state index contributed by atoms with van der Waals surface area (Å²) in [5.74, 6) is 0.0210. The molecule has 1 N–H and O–H groups in total. The number of carbonyl (C=O) groups excluding carboxylic acids is 1. The van der Waals surface area contributed by atoms with Crippen molar-refractivity contribution in [1.82, 2.24) is 9.99 Å². The van der Waals surface area contributed by atoms with Gasteiger partial charge in [0.1, 0.15) is 12.3 Å². The second kappa shape index (κ2) is 13.4. The van der Waals surface area contributed by atoms with E-state index in [1.807, 2.05) is 57.4 Å². The lowest BCUT2D eigenvalue weighted by molar-refractivity contribution is -0.119. The molecule has 1 amide bonds. The molecule has 0 aliphatic rings. The van der Waals surface area contributed by atoms with Crippen LogP contribution < -0.4 is 14.5 Å². The van der Waals surface area contributed by atoms with Crippen molar-refractivity contribution in [2.24, 2.45) is 5.10 Å². The van der Waals surface area contributed by atoms with E-state index in [-0.39, 0.29) is 4.90 Å². The van der Waals surface area contributed by atoms with Crippen LogP contribution in [0, 0.1) is 13.8 Å².